The second-order valence-corrected chi connectivity index (χ2v) is 8.81. The second-order valence-electron chi connectivity index (χ2n) is 8.81. The van der Waals surface area contributed by atoms with E-state index < -0.39 is 33.3 Å². The Labute approximate surface area is 180 Å². The zero-order chi connectivity index (χ0) is 22.8. The van der Waals surface area contributed by atoms with Crippen molar-refractivity contribution in [2.24, 2.45) is 11.8 Å². The Bertz CT molecular complexity index is 957. The number of hydrogen-bond donors (Lipinski definition) is 0. The Morgan fingerprint density at radius 3 is 2.13 bits per heavy atom. The molecule has 2 aromatic carbocycles. The van der Waals surface area contributed by atoms with Gasteiger partial charge in [0.2, 0.25) is 0 Å². The van der Waals surface area contributed by atoms with Gasteiger partial charge in [-0.2, -0.15) is 0 Å². The number of nitrogens with zero attached hydrogens (tertiary/aromatic N) is 2. The molecule has 0 radical (unpaired) electrons. The lowest BCUT2D eigenvalue weighted by Gasteiger charge is -2.44. The summed E-state index contributed by atoms with van der Waals surface area (Å²) in [7, 11) is 0. The summed E-state index contributed by atoms with van der Waals surface area (Å²) in [6.07, 6.45) is 2.15. The van der Waals surface area contributed by atoms with Crippen molar-refractivity contribution in [3.63, 3.8) is 0 Å². The minimum Gasteiger partial charge on any atom is -0.458 e. The molecule has 1 aliphatic carbocycles. The largest absolute Gasteiger partial charge is 0.458 e. The number of hydrogen-bond acceptors (Lipinski definition) is 6. The third-order valence-corrected chi connectivity index (χ3v) is 6.32. The normalized spacial score (nSPS) is 21.3. The molecule has 0 aromatic heterocycles. The van der Waals surface area contributed by atoms with Crippen LogP contribution < -0.4 is 0 Å². The predicted molar refractivity (Wildman–Crippen MR) is 115 cm³/mol. The van der Waals surface area contributed by atoms with E-state index >= 15 is 0 Å². The highest BCUT2D eigenvalue weighted by molar-refractivity contribution is 5.91. The van der Waals surface area contributed by atoms with Crippen molar-refractivity contribution in [3.05, 3.63) is 79.9 Å². The summed E-state index contributed by atoms with van der Waals surface area (Å²) in [6, 6.07) is 12.9. The molecular weight excluding hydrogens is 400 g/mol. The first kappa shape index (κ1) is 22.4. The Balaban J connectivity index is 1.90. The molecule has 0 unspecified atom stereocenters. The van der Waals surface area contributed by atoms with E-state index in [1.165, 1.54) is 0 Å². The van der Waals surface area contributed by atoms with Crippen molar-refractivity contribution in [2.45, 2.75) is 51.6 Å². The van der Waals surface area contributed by atoms with Crippen LogP contribution in [0, 0.1) is 32.1 Å². The van der Waals surface area contributed by atoms with E-state index in [0.29, 0.717) is 12.3 Å². The predicted octanol–water partition coefficient (Wildman–Crippen LogP) is 5.44. The number of nitro groups is 2. The third kappa shape index (κ3) is 4.90. The Kier molecular flexibility index (Phi) is 6.38. The van der Waals surface area contributed by atoms with Crippen LogP contribution in [0.1, 0.15) is 56.0 Å². The summed E-state index contributed by atoms with van der Waals surface area (Å²) < 4.78 is 5.85. The molecule has 8 nitrogen and oxygen atoms in total. The van der Waals surface area contributed by atoms with Crippen LogP contribution in [0.5, 0.6) is 0 Å². The van der Waals surface area contributed by atoms with Crippen LogP contribution in [-0.4, -0.2) is 21.9 Å². The fourth-order valence-corrected chi connectivity index (χ4v) is 4.50. The maximum Gasteiger partial charge on any atom is 0.338 e. The number of non-ortho nitro benzene ring substituents is 2. The number of benzene rings is 2. The van der Waals surface area contributed by atoms with E-state index in [2.05, 4.69) is 32.9 Å². The van der Waals surface area contributed by atoms with E-state index in [9.17, 15) is 25.0 Å². The first-order chi connectivity index (χ1) is 14.6. The zero-order valence-corrected chi connectivity index (χ0v) is 17.8. The first-order valence-electron chi connectivity index (χ1n) is 10.3. The fraction of sp³-hybridized carbons (Fsp3) is 0.435. The molecule has 0 N–H and O–H groups in total. The molecule has 8 heteroatoms. The highest BCUT2D eigenvalue weighted by Crippen LogP contribution is 2.44. The number of rotatable bonds is 6. The van der Waals surface area contributed by atoms with Gasteiger partial charge < -0.3 is 4.74 Å². The monoisotopic (exact) mass is 426 g/mol. The van der Waals surface area contributed by atoms with Crippen LogP contribution in [0.3, 0.4) is 0 Å². The quantitative estimate of drug-likeness (QED) is 0.345. The fourth-order valence-electron chi connectivity index (χ4n) is 4.50. The molecule has 1 aliphatic rings. The molecule has 0 aliphatic heterocycles. The molecule has 31 heavy (non-hydrogen) atoms. The molecule has 164 valence electrons. The first-order valence-corrected chi connectivity index (χ1v) is 10.3. The molecule has 3 rings (SSSR count). The lowest BCUT2D eigenvalue weighted by atomic mass is 9.64. The maximum atomic E-state index is 12.9. The number of carbonyl (C=O) groups excluding carboxylic acids is 1. The van der Waals surface area contributed by atoms with Crippen molar-refractivity contribution < 1.29 is 19.4 Å². The van der Waals surface area contributed by atoms with Crippen LogP contribution in [0.2, 0.25) is 0 Å². The summed E-state index contributed by atoms with van der Waals surface area (Å²) in [5.41, 5.74) is -0.336. The van der Waals surface area contributed by atoms with Crippen molar-refractivity contribution in [2.75, 3.05) is 0 Å². The van der Waals surface area contributed by atoms with Crippen LogP contribution in [0.25, 0.3) is 0 Å². The van der Waals surface area contributed by atoms with Gasteiger partial charge in [-0.3, -0.25) is 20.2 Å². The van der Waals surface area contributed by atoms with Gasteiger partial charge in [-0.25, -0.2) is 4.79 Å². The maximum absolute atomic E-state index is 12.9. The van der Waals surface area contributed by atoms with Crippen LogP contribution in [0.15, 0.2) is 48.5 Å². The Morgan fingerprint density at radius 2 is 1.58 bits per heavy atom. The molecule has 1 saturated carbocycles. The molecule has 0 bridgehead atoms. The van der Waals surface area contributed by atoms with Gasteiger partial charge in [-0.15, -0.1) is 0 Å². The van der Waals surface area contributed by atoms with E-state index in [-0.39, 0.29) is 16.9 Å². The van der Waals surface area contributed by atoms with Crippen LogP contribution in [0.4, 0.5) is 11.4 Å². The smallest absolute Gasteiger partial charge is 0.338 e. The minimum absolute atomic E-state index is 0.0451. The van der Waals surface area contributed by atoms with Gasteiger partial charge in [0.1, 0.15) is 6.10 Å². The van der Waals surface area contributed by atoms with Gasteiger partial charge in [0, 0.05) is 18.1 Å². The van der Waals surface area contributed by atoms with Gasteiger partial charge >= 0.3 is 5.97 Å². The van der Waals surface area contributed by atoms with Crippen molar-refractivity contribution >= 4 is 17.3 Å². The second kappa shape index (κ2) is 8.83. The standard InChI is InChI=1S/C23H26N2O6/c1-15-9-10-20(23(2,3)17-7-5-4-6-8-17)21(11-15)31-22(26)16-12-18(24(27)28)14-19(13-16)25(29)30/h4-8,12-15,20-21H,9-11H2,1-3H3/t15-,20+,21-/m1/s1. The van der Waals surface area contributed by atoms with E-state index in [1.807, 2.05) is 18.2 Å². The summed E-state index contributed by atoms with van der Waals surface area (Å²) in [6.45, 7) is 6.36. The molecule has 0 saturated heterocycles. The SMILES string of the molecule is C[C@@H]1CC[C@H](C(C)(C)c2ccccc2)[C@H](OC(=O)c2cc([N+](=O)[O-])cc([N+](=O)[O-])c2)C1. The Hall–Kier alpha value is -3.29. The molecule has 0 heterocycles. The molecule has 0 spiro atoms. The van der Waals surface area contributed by atoms with E-state index in [4.69, 9.17) is 4.74 Å². The Morgan fingerprint density at radius 1 is 1.00 bits per heavy atom. The molecule has 2 aromatic rings. The van der Waals surface area contributed by atoms with Gasteiger partial charge in [-0.1, -0.05) is 57.5 Å². The zero-order valence-electron chi connectivity index (χ0n) is 17.8. The lowest BCUT2D eigenvalue weighted by Crippen LogP contribution is -2.43. The molecule has 0 amide bonds. The van der Waals surface area contributed by atoms with Gasteiger partial charge in [0.25, 0.3) is 11.4 Å². The topological polar surface area (TPSA) is 113 Å². The van der Waals surface area contributed by atoms with E-state index in [0.717, 1.165) is 36.6 Å². The van der Waals surface area contributed by atoms with Crippen molar-refractivity contribution in [3.8, 4) is 0 Å². The summed E-state index contributed by atoms with van der Waals surface area (Å²) in [5.74, 6) is -0.372. The number of esters is 1. The molecule has 1 fully saturated rings. The minimum atomic E-state index is -0.778. The van der Waals surface area contributed by atoms with Gasteiger partial charge in [0.15, 0.2) is 0 Å². The highest BCUT2D eigenvalue weighted by atomic mass is 16.6. The summed E-state index contributed by atoms with van der Waals surface area (Å²) >= 11 is 0. The lowest BCUT2D eigenvalue weighted by molar-refractivity contribution is -0.394. The average Bonchev–Trinajstić information content (AvgIpc) is 2.73. The van der Waals surface area contributed by atoms with Crippen LogP contribution >= 0.6 is 0 Å². The average molecular weight is 426 g/mol. The summed E-state index contributed by atoms with van der Waals surface area (Å²) in [4.78, 5) is 33.7. The molecular formula is C23H26N2O6. The van der Waals surface area contributed by atoms with Crippen molar-refractivity contribution in [1.82, 2.24) is 0 Å². The number of nitro benzene ring substituents is 2. The third-order valence-electron chi connectivity index (χ3n) is 6.32. The molecule has 3 atom stereocenters. The number of ether oxygens (including phenoxy) is 1. The van der Waals surface area contributed by atoms with E-state index in [1.54, 1.807) is 0 Å². The van der Waals surface area contributed by atoms with Crippen molar-refractivity contribution in [1.29, 1.82) is 0 Å². The van der Waals surface area contributed by atoms with Gasteiger partial charge in [0.05, 0.1) is 21.5 Å². The number of carbonyl (C=O) groups is 1. The summed E-state index contributed by atoms with van der Waals surface area (Å²) in [5, 5.41) is 22.3. The van der Waals surface area contributed by atoms with Crippen LogP contribution in [-0.2, 0) is 10.2 Å². The highest BCUT2D eigenvalue weighted by Gasteiger charge is 2.42. The van der Waals surface area contributed by atoms with Gasteiger partial charge in [-0.05, 0) is 29.7 Å².